The van der Waals surface area contributed by atoms with Gasteiger partial charge in [-0.05, 0) is 32.4 Å². The number of nitro benzene ring substituents is 1. The van der Waals surface area contributed by atoms with Crippen LogP contribution in [0.5, 0.6) is 0 Å². The van der Waals surface area contributed by atoms with Gasteiger partial charge in [0.25, 0.3) is 5.69 Å². The van der Waals surface area contributed by atoms with Gasteiger partial charge in [-0.15, -0.1) is 0 Å². The zero-order valence-corrected chi connectivity index (χ0v) is 16.5. The maximum atomic E-state index is 11.7. The Morgan fingerprint density at radius 1 is 1.37 bits per heavy atom. The number of carbonyl (C=O) groups is 1. The Kier molecular flexibility index (Phi) is 7.66. The van der Waals surface area contributed by atoms with Crippen molar-refractivity contribution in [3.05, 3.63) is 45.7 Å². The molecule has 0 aliphatic carbocycles. The fourth-order valence-corrected chi connectivity index (χ4v) is 3.48. The predicted octanol–water partition coefficient (Wildman–Crippen LogP) is 3.42. The van der Waals surface area contributed by atoms with Crippen molar-refractivity contribution in [1.82, 2.24) is 4.90 Å². The molecule has 0 atom stereocenters. The van der Waals surface area contributed by atoms with E-state index in [0.717, 1.165) is 23.0 Å². The van der Waals surface area contributed by atoms with E-state index >= 15 is 0 Å². The van der Waals surface area contributed by atoms with Crippen molar-refractivity contribution >= 4 is 34.3 Å². The predicted molar refractivity (Wildman–Crippen MR) is 105 cm³/mol. The minimum absolute atomic E-state index is 0.0448. The highest BCUT2D eigenvalue weighted by Crippen LogP contribution is 2.28. The van der Waals surface area contributed by atoms with Crippen molar-refractivity contribution in [2.24, 2.45) is 4.99 Å². The van der Waals surface area contributed by atoms with Gasteiger partial charge in [-0.2, -0.15) is 0 Å². The molecule has 1 aliphatic rings. The van der Waals surface area contributed by atoms with E-state index in [1.807, 2.05) is 11.8 Å². The summed E-state index contributed by atoms with van der Waals surface area (Å²) in [5.41, 5.74) is 1.46. The fourth-order valence-electron chi connectivity index (χ4n) is 2.49. The quantitative estimate of drug-likeness (QED) is 0.220. The maximum Gasteiger partial charge on any atom is 0.334 e. The number of hydrogen-bond donors (Lipinski definition) is 0. The first kappa shape index (κ1) is 20.8. The van der Waals surface area contributed by atoms with E-state index in [0.29, 0.717) is 31.2 Å². The van der Waals surface area contributed by atoms with Crippen molar-refractivity contribution in [2.75, 3.05) is 32.1 Å². The van der Waals surface area contributed by atoms with Crippen LogP contribution in [0.4, 0.5) is 11.4 Å². The fraction of sp³-hybridized carbons (Fsp3) is 0.444. The van der Waals surface area contributed by atoms with Crippen LogP contribution in [0.25, 0.3) is 0 Å². The van der Waals surface area contributed by atoms with Gasteiger partial charge in [0, 0.05) is 24.4 Å². The number of non-ortho nitro benzene ring substituents is 1. The number of amidine groups is 1. The van der Waals surface area contributed by atoms with Gasteiger partial charge >= 0.3 is 5.97 Å². The lowest BCUT2D eigenvalue weighted by molar-refractivity contribution is -0.384. The molecule has 1 heterocycles. The molecule has 0 unspecified atom stereocenters. The molecular formula is C18H23N3O5S. The van der Waals surface area contributed by atoms with Gasteiger partial charge in [-0.1, -0.05) is 11.8 Å². The summed E-state index contributed by atoms with van der Waals surface area (Å²) >= 11 is 1.60. The SMILES string of the molecule is CCOC(=O)/C=C(/CN1CCSC1=Nc1ccc([N+](=O)[O-])cc1C)OCC. The van der Waals surface area contributed by atoms with Gasteiger partial charge in [-0.25, -0.2) is 9.79 Å². The minimum Gasteiger partial charge on any atom is -0.496 e. The second-order valence-electron chi connectivity index (χ2n) is 5.69. The van der Waals surface area contributed by atoms with Gasteiger partial charge in [-0.3, -0.25) is 10.1 Å². The third-order valence-corrected chi connectivity index (χ3v) is 4.71. The highest BCUT2D eigenvalue weighted by atomic mass is 32.2. The minimum atomic E-state index is -0.433. The molecule has 1 aliphatic heterocycles. The van der Waals surface area contributed by atoms with E-state index in [-0.39, 0.29) is 5.69 Å². The third kappa shape index (κ3) is 5.99. The van der Waals surface area contributed by atoms with Gasteiger partial charge < -0.3 is 14.4 Å². The van der Waals surface area contributed by atoms with Gasteiger partial charge in [0.2, 0.25) is 0 Å². The Morgan fingerprint density at radius 3 is 2.74 bits per heavy atom. The van der Waals surface area contributed by atoms with E-state index in [9.17, 15) is 14.9 Å². The lowest BCUT2D eigenvalue weighted by Gasteiger charge is -2.20. The molecule has 0 N–H and O–H groups in total. The van der Waals surface area contributed by atoms with Crippen LogP contribution in [-0.4, -0.2) is 53.0 Å². The third-order valence-electron chi connectivity index (χ3n) is 3.71. The zero-order chi connectivity index (χ0) is 19.8. The van der Waals surface area contributed by atoms with E-state index in [1.54, 1.807) is 31.7 Å². The molecule has 0 aromatic heterocycles. The molecule has 1 saturated heterocycles. The second kappa shape index (κ2) is 9.96. The summed E-state index contributed by atoms with van der Waals surface area (Å²) in [5, 5.41) is 11.7. The average Bonchev–Trinajstić information content (AvgIpc) is 3.03. The van der Waals surface area contributed by atoms with Crippen molar-refractivity contribution in [3.63, 3.8) is 0 Å². The Morgan fingerprint density at radius 2 is 2.11 bits per heavy atom. The first-order valence-corrected chi connectivity index (χ1v) is 9.64. The van der Waals surface area contributed by atoms with Crippen LogP contribution >= 0.6 is 11.8 Å². The van der Waals surface area contributed by atoms with Gasteiger partial charge in [0.05, 0.1) is 36.4 Å². The number of benzene rings is 1. The van der Waals surface area contributed by atoms with Crippen molar-refractivity contribution in [2.45, 2.75) is 20.8 Å². The van der Waals surface area contributed by atoms with Crippen LogP contribution in [0.15, 0.2) is 35.0 Å². The maximum absolute atomic E-state index is 11.7. The number of nitro groups is 1. The smallest absolute Gasteiger partial charge is 0.334 e. The van der Waals surface area contributed by atoms with Crippen LogP contribution < -0.4 is 0 Å². The van der Waals surface area contributed by atoms with Crippen LogP contribution in [0.2, 0.25) is 0 Å². The molecule has 8 nitrogen and oxygen atoms in total. The molecule has 0 radical (unpaired) electrons. The summed E-state index contributed by atoms with van der Waals surface area (Å²) in [5.74, 6) is 0.952. The molecule has 0 spiro atoms. The molecule has 146 valence electrons. The molecular weight excluding hydrogens is 370 g/mol. The lowest BCUT2D eigenvalue weighted by atomic mass is 10.2. The number of esters is 1. The molecule has 1 aromatic rings. The summed E-state index contributed by atoms with van der Waals surface area (Å²) in [6.07, 6.45) is 1.37. The number of ether oxygens (including phenoxy) is 2. The number of nitrogens with zero attached hydrogens (tertiary/aromatic N) is 3. The van der Waals surface area contributed by atoms with E-state index in [2.05, 4.69) is 4.99 Å². The molecule has 1 aromatic carbocycles. The Labute approximate surface area is 162 Å². The summed E-state index contributed by atoms with van der Waals surface area (Å²) in [6, 6.07) is 4.60. The Bertz CT molecular complexity index is 763. The summed E-state index contributed by atoms with van der Waals surface area (Å²) in [7, 11) is 0. The summed E-state index contributed by atoms with van der Waals surface area (Å²) in [6.45, 7) is 7.32. The molecule has 0 bridgehead atoms. The van der Waals surface area contributed by atoms with Crippen LogP contribution in [0.3, 0.4) is 0 Å². The molecule has 9 heteroatoms. The summed E-state index contributed by atoms with van der Waals surface area (Å²) in [4.78, 5) is 28.8. The van der Waals surface area contributed by atoms with Gasteiger partial charge in [0.15, 0.2) is 5.17 Å². The average molecular weight is 393 g/mol. The standard InChI is InChI=1S/C18H23N3O5S/c1-4-25-15(11-17(22)26-5-2)12-20-8-9-27-18(20)19-16-7-6-14(21(23)24)10-13(16)3/h6-7,10-11H,4-5,8-9,12H2,1-3H3/b15-11-,19-18?. The molecule has 2 rings (SSSR count). The molecule has 27 heavy (non-hydrogen) atoms. The second-order valence-corrected chi connectivity index (χ2v) is 6.75. The van der Waals surface area contributed by atoms with Crippen molar-refractivity contribution in [3.8, 4) is 0 Å². The van der Waals surface area contributed by atoms with E-state index in [1.165, 1.54) is 18.2 Å². The largest absolute Gasteiger partial charge is 0.496 e. The van der Waals surface area contributed by atoms with E-state index < -0.39 is 10.9 Å². The van der Waals surface area contributed by atoms with Gasteiger partial charge in [0.1, 0.15) is 5.76 Å². The van der Waals surface area contributed by atoms with Crippen molar-refractivity contribution < 1.29 is 19.2 Å². The highest BCUT2D eigenvalue weighted by molar-refractivity contribution is 8.14. The summed E-state index contributed by atoms with van der Waals surface area (Å²) < 4.78 is 10.5. The van der Waals surface area contributed by atoms with E-state index in [4.69, 9.17) is 9.47 Å². The first-order valence-electron chi connectivity index (χ1n) is 8.66. The number of thioether (sulfide) groups is 1. The molecule has 1 fully saturated rings. The molecule has 0 amide bonds. The van der Waals surface area contributed by atoms with Crippen LogP contribution in [-0.2, 0) is 14.3 Å². The zero-order valence-electron chi connectivity index (χ0n) is 15.6. The Balaban J connectivity index is 2.19. The number of rotatable bonds is 8. The normalized spacial score (nSPS) is 15.9. The molecule has 0 saturated carbocycles. The highest BCUT2D eigenvalue weighted by Gasteiger charge is 2.22. The van der Waals surface area contributed by atoms with Crippen LogP contribution in [0, 0.1) is 17.0 Å². The monoisotopic (exact) mass is 393 g/mol. The topological polar surface area (TPSA) is 94.3 Å². The number of carbonyl (C=O) groups excluding carboxylic acids is 1. The first-order chi connectivity index (χ1) is 12.9. The Hall–Kier alpha value is -2.55. The van der Waals surface area contributed by atoms with Crippen molar-refractivity contribution in [1.29, 1.82) is 0 Å². The number of hydrogen-bond acceptors (Lipinski definition) is 7. The number of aliphatic imine (C=N–C) groups is 1. The van der Waals surface area contributed by atoms with Crippen LogP contribution in [0.1, 0.15) is 19.4 Å². The lowest BCUT2D eigenvalue weighted by Crippen LogP contribution is -2.28. The number of aryl methyl sites for hydroxylation is 1.